The second-order valence-electron chi connectivity index (χ2n) is 4.94. The second-order valence-corrected chi connectivity index (χ2v) is 5.92. The van der Waals surface area contributed by atoms with Gasteiger partial charge in [-0.3, -0.25) is 9.59 Å². The first-order chi connectivity index (χ1) is 11.1. The number of rotatable bonds is 7. The van der Waals surface area contributed by atoms with Gasteiger partial charge < -0.3 is 14.8 Å². The Morgan fingerprint density at radius 1 is 1.17 bits per heavy atom. The molecule has 1 aromatic carbocycles. The fraction of sp³-hybridized carbons (Fsp3) is 0.294. The van der Waals surface area contributed by atoms with Crippen molar-refractivity contribution in [2.24, 2.45) is 0 Å². The highest BCUT2D eigenvalue weighted by atomic mass is 32.1. The van der Waals surface area contributed by atoms with E-state index in [1.165, 1.54) is 18.4 Å². The van der Waals surface area contributed by atoms with E-state index in [9.17, 15) is 9.59 Å². The Morgan fingerprint density at radius 2 is 1.91 bits per heavy atom. The van der Waals surface area contributed by atoms with Crippen molar-refractivity contribution in [2.45, 2.75) is 18.9 Å². The molecule has 0 aliphatic carbocycles. The Bertz CT molecular complexity index is 637. The summed E-state index contributed by atoms with van der Waals surface area (Å²) >= 11 is 1.50. The standard InChI is InChI=1S/C17H19NO4S/c1-21-13-7-5-12(6-8-13)10-16(19)18-14(11-17(20)22-2)15-4-3-9-23-15/h3-9,14H,10-11H2,1-2H3,(H,18,19). The molecule has 1 unspecified atom stereocenters. The topological polar surface area (TPSA) is 64.6 Å². The zero-order valence-corrected chi connectivity index (χ0v) is 13.9. The summed E-state index contributed by atoms with van der Waals surface area (Å²) < 4.78 is 9.80. The number of benzene rings is 1. The number of carbonyl (C=O) groups excluding carboxylic acids is 2. The summed E-state index contributed by atoms with van der Waals surface area (Å²) in [4.78, 5) is 24.7. The highest BCUT2D eigenvalue weighted by molar-refractivity contribution is 7.10. The number of carbonyl (C=O) groups is 2. The predicted octanol–water partition coefficient (Wildman–Crippen LogP) is 2.72. The minimum absolute atomic E-state index is 0.116. The molecule has 122 valence electrons. The van der Waals surface area contributed by atoms with E-state index in [2.05, 4.69) is 5.32 Å². The fourth-order valence-electron chi connectivity index (χ4n) is 2.14. The van der Waals surface area contributed by atoms with Crippen LogP contribution < -0.4 is 10.1 Å². The van der Waals surface area contributed by atoms with Crippen molar-refractivity contribution in [3.05, 3.63) is 52.2 Å². The lowest BCUT2D eigenvalue weighted by atomic mass is 10.1. The van der Waals surface area contributed by atoms with Crippen molar-refractivity contribution in [2.75, 3.05) is 14.2 Å². The van der Waals surface area contributed by atoms with E-state index < -0.39 is 0 Å². The summed E-state index contributed by atoms with van der Waals surface area (Å²) in [6, 6.07) is 10.7. The van der Waals surface area contributed by atoms with Crippen LogP contribution in [-0.2, 0) is 20.7 Å². The van der Waals surface area contributed by atoms with Gasteiger partial charge in [-0.1, -0.05) is 18.2 Å². The summed E-state index contributed by atoms with van der Waals surface area (Å²) in [6.45, 7) is 0. The maximum absolute atomic E-state index is 12.3. The van der Waals surface area contributed by atoms with Crippen LogP contribution in [0.2, 0.25) is 0 Å². The van der Waals surface area contributed by atoms with Crippen LogP contribution in [0.5, 0.6) is 5.75 Å². The molecule has 1 aromatic heterocycles. The molecule has 1 atom stereocenters. The zero-order chi connectivity index (χ0) is 16.7. The van der Waals surface area contributed by atoms with Gasteiger partial charge in [0.1, 0.15) is 5.75 Å². The predicted molar refractivity (Wildman–Crippen MR) is 88.5 cm³/mol. The van der Waals surface area contributed by atoms with Gasteiger partial charge >= 0.3 is 5.97 Å². The summed E-state index contributed by atoms with van der Waals surface area (Å²) in [5.41, 5.74) is 0.881. The monoisotopic (exact) mass is 333 g/mol. The maximum Gasteiger partial charge on any atom is 0.307 e. The first kappa shape index (κ1) is 17.0. The first-order valence-electron chi connectivity index (χ1n) is 7.15. The third-order valence-corrected chi connectivity index (χ3v) is 4.33. The third kappa shape index (κ3) is 5.10. The van der Waals surface area contributed by atoms with Gasteiger partial charge in [0.25, 0.3) is 0 Å². The average molecular weight is 333 g/mol. The molecule has 1 amide bonds. The molecule has 0 bridgehead atoms. The van der Waals surface area contributed by atoms with Gasteiger partial charge in [-0.2, -0.15) is 0 Å². The van der Waals surface area contributed by atoms with Gasteiger partial charge in [0.05, 0.1) is 33.1 Å². The van der Waals surface area contributed by atoms with Crippen LogP contribution >= 0.6 is 11.3 Å². The Labute approximate surface area is 139 Å². The zero-order valence-electron chi connectivity index (χ0n) is 13.1. The number of nitrogens with one attached hydrogen (secondary N) is 1. The Kier molecular flexibility index (Phi) is 6.17. The quantitative estimate of drug-likeness (QED) is 0.791. The van der Waals surface area contributed by atoms with Crippen LogP contribution in [0.15, 0.2) is 41.8 Å². The first-order valence-corrected chi connectivity index (χ1v) is 8.03. The van der Waals surface area contributed by atoms with Crippen molar-refractivity contribution in [3.63, 3.8) is 0 Å². The number of amides is 1. The van der Waals surface area contributed by atoms with Crippen molar-refractivity contribution in [3.8, 4) is 5.75 Å². The maximum atomic E-state index is 12.3. The van der Waals surface area contributed by atoms with Crippen LogP contribution in [0, 0.1) is 0 Å². The third-order valence-electron chi connectivity index (χ3n) is 3.34. The lowest BCUT2D eigenvalue weighted by Crippen LogP contribution is -2.31. The molecule has 2 aromatic rings. The number of thiophene rings is 1. The molecule has 0 spiro atoms. The molecule has 5 nitrogen and oxygen atoms in total. The van der Waals surface area contributed by atoms with Crippen molar-refractivity contribution >= 4 is 23.2 Å². The molecule has 0 saturated carbocycles. The summed E-state index contributed by atoms with van der Waals surface area (Å²) in [5, 5.41) is 4.81. The molecular formula is C17H19NO4S. The highest BCUT2D eigenvalue weighted by Crippen LogP contribution is 2.22. The van der Waals surface area contributed by atoms with E-state index in [1.807, 2.05) is 41.8 Å². The number of ether oxygens (including phenoxy) is 2. The van der Waals surface area contributed by atoms with Gasteiger partial charge in [0, 0.05) is 4.88 Å². The van der Waals surface area contributed by atoms with Crippen LogP contribution in [0.4, 0.5) is 0 Å². The SMILES string of the molecule is COC(=O)CC(NC(=O)Cc1ccc(OC)cc1)c1cccs1. The Balaban J connectivity index is 2.00. The van der Waals surface area contributed by atoms with Crippen LogP contribution in [0.25, 0.3) is 0 Å². The van der Waals surface area contributed by atoms with E-state index in [4.69, 9.17) is 9.47 Å². The molecular weight excluding hydrogens is 314 g/mol. The number of esters is 1. The molecule has 6 heteroatoms. The molecule has 0 radical (unpaired) electrons. The van der Waals surface area contributed by atoms with Crippen molar-refractivity contribution in [1.82, 2.24) is 5.32 Å². The smallest absolute Gasteiger partial charge is 0.307 e. The molecule has 0 aliphatic rings. The van der Waals surface area contributed by atoms with Crippen LogP contribution in [0.1, 0.15) is 22.9 Å². The van der Waals surface area contributed by atoms with Crippen molar-refractivity contribution in [1.29, 1.82) is 0 Å². The molecule has 0 aliphatic heterocycles. The van der Waals surface area contributed by atoms with E-state index in [-0.39, 0.29) is 30.8 Å². The summed E-state index contributed by atoms with van der Waals surface area (Å²) in [6.07, 6.45) is 0.360. The minimum Gasteiger partial charge on any atom is -0.497 e. The lowest BCUT2D eigenvalue weighted by Gasteiger charge is -2.16. The minimum atomic E-state index is -0.367. The summed E-state index contributed by atoms with van der Waals surface area (Å²) in [5.74, 6) is 0.252. The van der Waals surface area contributed by atoms with E-state index in [0.29, 0.717) is 0 Å². The average Bonchev–Trinajstić information content (AvgIpc) is 3.09. The fourth-order valence-corrected chi connectivity index (χ4v) is 2.91. The Hall–Kier alpha value is -2.34. The molecule has 2 rings (SSSR count). The van der Waals surface area contributed by atoms with Crippen molar-refractivity contribution < 1.29 is 19.1 Å². The van der Waals surface area contributed by atoms with Gasteiger partial charge in [0.15, 0.2) is 0 Å². The van der Waals surface area contributed by atoms with Crippen LogP contribution in [0.3, 0.4) is 0 Å². The molecule has 1 heterocycles. The molecule has 1 N–H and O–H groups in total. The van der Waals surface area contributed by atoms with Gasteiger partial charge in [-0.05, 0) is 29.1 Å². The number of hydrogen-bond donors (Lipinski definition) is 1. The largest absolute Gasteiger partial charge is 0.497 e. The molecule has 23 heavy (non-hydrogen) atoms. The second kappa shape index (κ2) is 8.33. The summed E-state index contributed by atoms with van der Waals surface area (Å²) in [7, 11) is 2.94. The number of hydrogen-bond acceptors (Lipinski definition) is 5. The van der Waals surface area contributed by atoms with E-state index in [1.54, 1.807) is 7.11 Å². The lowest BCUT2D eigenvalue weighted by molar-refractivity contribution is -0.141. The van der Waals surface area contributed by atoms with Crippen LogP contribution in [-0.4, -0.2) is 26.1 Å². The highest BCUT2D eigenvalue weighted by Gasteiger charge is 2.19. The Morgan fingerprint density at radius 3 is 2.48 bits per heavy atom. The number of methoxy groups -OCH3 is 2. The van der Waals surface area contributed by atoms with E-state index >= 15 is 0 Å². The van der Waals surface area contributed by atoms with E-state index in [0.717, 1.165) is 16.2 Å². The van der Waals surface area contributed by atoms with Gasteiger partial charge in [-0.15, -0.1) is 11.3 Å². The van der Waals surface area contributed by atoms with Gasteiger partial charge in [0.2, 0.25) is 5.91 Å². The molecule has 0 fully saturated rings. The molecule has 0 saturated heterocycles. The van der Waals surface area contributed by atoms with Gasteiger partial charge in [-0.25, -0.2) is 0 Å². The normalized spacial score (nSPS) is 11.6.